The lowest BCUT2D eigenvalue weighted by atomic mass is 10.0. The Labute approximate surface area is 164 Å². The first-order valence-electron chi connectivity index (χ1n) is 8.97. The van der Waals surface area contributed by atoms with Gasteiger partial charge in [0.05, 0.1) is 18.8 Å². The second-order valence-electron chi connectivity index (χ2n) is 6.73. The van der Waals surface area contributed by atoms with Crippen LogP contribution in [0.15, 0.2) is 47.8 Å². The van der Waals surface area contributed by atoms with Gasteiger partial charge in [-0.1, -0.05) is 12.1 Å². The Morgan fingerprint density at radius 2 is 1.96 bits per heavy atom. The highest BCUT2D eigenvalue weighted by Gasteiger charge is 2.18. The standard InChI is InChI=1S/C22H24N2O2S/c1-15-11-17(3)23-20(12-15)18-5-4-6-19(13-18)22(26)24(8-9-25)14-21-16(2)7-10-27-21/h4-7,10-13,25H,8-9,14H2,1-3H3. The van der Waals surface area contributed by atoms with E-state index in [9.17, 15) is 9.90 Å². The van der Waals surface area contributed by atoms with Crippen LogP contribution in [0.1, 0.15) is 32.1 Å². The molecule has 0 spiro atoms. The molecule has 0 aliphatic carbocycles. The maximum Gasteiger partial charge on any atom is 0.254 e. The Morgan fingerprint density at radius 3 is 2.63 bits per heavy atom. The van der Waals surface area contributed by atoms with E-state index in [1.165, 1.54) is 5.56 Å². The number of aromatic nitrogens is 1. The Bertz CT molecular complexity index is 929. The minimum atomic E-state index is -0.0805. The number of hydrogen-bond acceptors (Lipinski definition) is 4. The Kier molecular flexibility index (Phi) is 6.04. The number of carbonyl (C=O) groups excluding carboxylic acids is 1. The molecule has 0 bridgehead atoms. The van der Waals surface area contributed by atoms with Gasteiger partial charge in [-0.3, -0.25) is 9.78 Å². The average Bonchev–Trinajstić information content (AvgIpc) is 3.05. The summed E-state index contributed by atoms with van der Waals surface area (Å²) in [7, 11) is 0. The molecule has 1 amide bonds. The van der Waals surface area contributed by atoms with E-state index in [1.54, 1.807) is 16.2 Å². The van der Waals surface area contributed by atoms with Crippen LogP contribution >= 0.6 is 11.3 Å². The van der Waals surface area contributed by atoms with Gasteiger partial charge in [0.25, 0.3) is 5.91 Å². The van der Waals surface area contributed by atoms with Gasteiger partial charge >= 0.3 is 0 Å². The molecule has 3 rings (SSSR count). The summed E-state index contributed by atoms with van der Waals surface area (Å²) in [6.45, 7) is 6.81. The molecule has 0 radical (unpaired) electrons. The van der Waals surface area contributed by atoms with Crippen LogP contribution in [0.4, 0.5) is 0 Å². The number of amides is 1. The number of aliphatic hydroxyl groups excluding tert-OH is 1. The largest absolute Gasteiger partial charge is 0.395 e. The molecule has 1 N–H and O–H groups in total. The molecule has 1 aromatic carbocycles. The number of benzene rings is 1. The van der Waals surface area contributed by atoms with E-state index in [-0.39, 0.29) is 12.5 Å². The van der Waals surface area contributed by atoms with Crippen molar-refractivity contribution < 1.29 is 9.90 Å². The normalized spacial score (nSPS) is 10.8. The molecule has 0 saturated heterocycles. The van der Waals surface area contributed by atoms with Crippen molar-refractivity contribution in [1.29, 1.82) is 0 Å². The summed E-state index contributed by atoms with van der Waals surface area (Å²) in [5.74, 6) is -0.0805. The summed E-state index contributed by atoms with van der Waals surface area (Å²) in [6.07, 6.45) is 0. The van der Waals surface area contributed by atoms with Crippen LogP contribution in [0.25, 0.3) is 11.3 Å². The lowest BCUT2D eigenvalue weighted by molar-refractivity contribution is 0.0709. The summed E-state index contributed by atoms with van der Waals surface area (Å²) in [6, 6.07) is 13.7. The van der Waals surface area contributed by atoms with Crippen LogP contribution in [-0.4, -0.2) is 34.0 Å². The quantitative estimate of drug-likeness (QED) is 0.691. The first kappa shape index (κ1) is 19.3. The second kappa shape index (κ2) is 8.46. The number of rotatable bonds is 6. The molecule has 0 atom stereocenters. The van der Waals surface area contributed by atoms with E-state index >= 15 is 0 Å². The van der Waals surface area contributed by atoms with Crippen molar-refractivity contribution in [3.8, 4) is 11.3 Å². The maximum absolute atomic E-state index is 13.1. The SMILES string of the molecule is Cc1cc(C)nc(-c2cccc(C(=O)N(CCO)Cc3sccc3C)c2)c1. The molecule has 0 unspecified atom stereocenters. The number of pyridine rings is 1. The molecule has 140 valence electrons. The molecule has 0 saturated carbocycles. The van der Waals surface area contributed by atoms with Gasteiger partial charge in [-0.25, -0.2) is 0 Å². The average molecular weight is 381 g/mol. The molecule has 27 heavy (non-hydrogen) atoms. The third-order valence-electron chi connectivity index (χ3n) is 4.46. The van der Waals surface area contributed by atoms with Gasteiger partial charge in [0.2, 0.25) is 0 Å². The van der Waals surface area contributed by atoms with Crippen LogP contribution in [-0.2, 0) is 6.54 Å². The Balaban J connectivity index is 1.89. The number of aliphatic hydroxyl groups is 1. The van der Waals surface area contributed by atoms with E-state index in [0.29, 0.717) is 18.7 Å². The zero-order chi connectivity index (χ0) is 19.4. The number of hydrogen-bond donors (Lipinski definition) is 1. The third-order valence-corrected chi connectivity index (χ3v) is 5.47. The van der Waals surface area contributed by atoms with Gasteiger partial charge < -0.3 is 10.0 Å². The van der Waals surface area contributed by atoms with Crippen molar-refractivity contribution in [2.24, 2.45) is 0 Å². The molecule has 3 aromatic rings. The smallest absolute Gasteiger partial charge is 0.254 e. The molecular formula is C22H24N2O2S. The lowest BCUT2D eigenvalue weighted by Crippen LogP contribution is -2.33. The first-order valence-corrected chi connectivity index (χ1v) is 9.84. The highest BCUT2D eigenvalue weighted by Crippen LogP contribution is 2.23. The topological polar surface area (TPSA) is 53.4 Å². The zero-order valence-corrected chi connectivity index (χ0v) is 16.7. The fraction of sp³-hybridized carbons (Fsp3) is 0.273. The predicted molar refractivity (Wildman–Crippen MR) is 110 cm³/mol. The number of nitrogens with zero attached hydrogens (tertiary/aromatic N) is 2. The molecule has 2 heterocycles. The number of carbonyl (C=O) groups is 1. The van der Waals surface area contributed by atoms with Gasteiger partial charge in [0.15, 0.2) is 0 Å². The highest BCUT2D eigenvalue weighted by molar-refractivity contribution is 7.10. The van der Waals surface area contributed by atoms with E-state index in [4.69, 9.17) is 0 Å². The summed E-state index contributed by atoms with van der Waals surface area (Å²) < 4.78 is 0. The van der Waals surface area contributed by atoms with E-state index in [0.717, 1.165) is 27.4 Å². The van der Waals surface area contributed by atoms with Crippen molar-refractivity contribution in [3.63, 3.8) is 0 Å². The zero-order valence-electron chi connectivity index (χ0n) is 15.9. The monoisotopic (exact) mass is 380 g/mol. The molecule has 0 aliphatic heterocycles. The van der Waals surface area contributed by atoms with Crippen molar-refractivity contribution in [2.45, 2.75) is 27.3 Å². The maximum atomic E-state index is 13.1. The molecule has 0 fully saturated rings. The van der Waals surface area contributed by atoms with Gasteiger partial charge in [-0.05, 0) is 67.6 Å². The summed E-state index contributed by atoms with van der Waals surface area (Å²) in [5.41, 5.74) is 5.66. The number of thiophene rings is 1. The second-order valence-corrected chi connectivity index (χ2v) is 7.73. The van der Waals surface area contributed by atoms with Crippen LogP contribution in [0, 0.1) is 20.8 Å². The van der Waals surface area contributed by atoms with E-state index in [2.05, 4.69) is 4.98 Å². The Hall–Kier alpha value is -2.50. The minimum Gasteiger partial charge on any atom is -0.395 e. The summed E-state index contributed by atoms with van der Waals surface area (Å²) in [4.78, 5) is 20.5. The van der Waals surface area contributed by atoms with Gasteiger partial charge in [0.1, 0.15) is 0 Å². The molecule has 0 aliphatic rings. The van der Waals surface area contributed by atoms with E-state index in [1.807, 2.05) is 68.6 Å². The fourth-order valence-electron chi connectivity index (χ4n) is 3.10. The van der Waals surface area contributed by atoms with Gasteiger partial charge in [0, 0.05) is 28.2 Å². The van der Waals surface area contributed by atoms with Crippen molar-refractivity contribution in [3.05, 3.63) is 75.1 Å². The van der Waals surface area contributed by atoms with Crippen LogP contribution in [0.5, 0.6) is 0 Å². The molecule has 2 aromatic heterocycles. The van der Waals surface area contributed by atoms with E-state index < -0.39 is 0 Å². The van der Waals surface area contributed by atoms with Crippen molar-refractivity contribution >= 4 is 17.2 Å². The third kappa shape index (κ3) is 4.62. The summed E-state index contributed by atoms with van der Waals surface area (Å²) >= 11 is 1.63. The van der Waals surface area contributed by atoms with Gasteiger partial charge in [-0.2, -0.15) is 0 Å². The predicted octanol–water partition coefficient (Wildman–Crippen LogP) is 4.37. The van der Waals surface area contributed by atoms with Crippen LogP contribution < -0.4 is 0 Å². The van der Waals surface area contributed by atoms with Crippen LogP contribution in [0.3, 0.4) is 0 Å². The minimum absolute atomic E-state index is 0.0610. The van der Waals surface area contributed by atoms with Crippen molar-refractivity contribution in [2.75, 3.05) is 13.2 Å². The first-order chi connectivity index (χ1) is 13.0. The lowest BCUT2D eigenvalue weighted by Gasteiger charge is -2.22. The van der Waals surface area contributed by atoms with Crippen LogP contribution in [0.2, 0.25) is 0 Å². The molecule has 5 heteroatoms. The van der Waals surface area contributed by atoms with Gasteiger partial charge in [-0.15, -0.1) is 11.3 Å². The molecule has 4 nitrogen and oxygen atoms in total. The summed E-state index contributed by atoms with van der Waals surface area (Å²) in [5, 5.41) is 11.4. The highest BCUT2D eigenvalue weighted by atomic mass is 32.1. The Morgan fingerprint density at radius 1 is 1.15 bits per heavy atom. The molecular weight excluding hydrogens is 356 g/mol. The number of aryl methyl sites for hydroxylation is 3. The fourth-order valence-corrected chi connectivity index (χ4v) is 4.02. The van der Waals surface area contributed by atoms with Crippen molar-refractivity contribution in [1.82, 2.24) is 9.88 Å².